The minimum atomic E-state index is -0.950. The molecule has 1 aliphatic rings. The van der Waals surface area contributed by atoms with Crippen LogP contribution in [0.2, 0.25) is 0 Å². The van der Waals surface area contributed by atoms with E-state index in [1.807, 2.05) is 0 Å². The molecule has 0 bridgehead atoms. The lowest BCUT2D eigenvalue weighted by Crippen LogP contribution is -2.22. The number of carboxylic acids is 1. The molecule has 5 nitrogen and oxygen atoms in total. The number of thiazole rings is 1. The Hall–Kier alpha value is -1.14. The van der Waals surface area contributed by atoms with Gasteiger partial charge in [-0.3, -0.25) is 0 Å². The molecule has 1 aromatic rings. The van der Waals surface area contributed by atoms with Gasteiger partial charge in [-0.05, 0) is 45.8 Å². The van der Waals surface area contributed by atoms with Gasteiger partial charge in [0.05, 0.1) is 0 Å². The fraction of sp³-hybridized carbons (Fsp3) is 0.667. The van der Waals surface area contributed by atoms with Gasteiger partial charge in [0, 0.05) is 11.4 Å². The van der Waals surface area contributed by atoms with E-state index in [1.165, 1.54) is 37.3 Å². The predicted molar refractivity (Wildman–Crippen MR) is 72.6 cm³/mol. The van der Waals surface area contributed by atoms with Crippen molar-refractivity contribution in [3.8, 4) is 0 Å². The molecule has 0 radical (unpaired) electrons. The number of hydrogen-bond donors (Lipinski definition) is 2. The average Bonchev–Trinajstić information content (AvgIpc) is 2.94. The van der Waals surface area contributed by atoms with Gasteiger partial charge < -0.3 is 15.3 Å². The first-order chi connectivity index (χ1) is 8.66. The first kappa shape index (κ1) is 13.3. The zero-order chi connectivity index (χ0) is 13.0. The second-order valence-corrected chi connectivity index (χ2v) is 5.76. The maximum Gasteiger partial charge on any atom is 0.355 e. The van der Waals surface area contributed by atoms with Crippen LogP contribution in [0.4, 0.5) is 5.13 Å². The van der Waals surface area contributed by atoms with E-state index in [0.29, 0.717) is 5.13 Å². The van der Waals surface area contributed by atoms with Gasteiger partial charge in [-0.1, -0.05) is 0 Å². The van der Waals surface area contributed by atoms with Crippen LogP contribution in [0.1, 0.15) is 34.6 Å². The van der Waals surface area contributed by atoms with Crippen LogP contribution in [-0.4, -0.2) is 47.1 Å². The number of aromatic nitrogens is 1. The number of carbonyl (C=O) groups is 1. The van der Waals surface area contributed by atoms with Crippen molar-refractivity contribution in [3.05, 3.63) is 10.6 Å². The summed E-state index contributed by atoms with van der Waals surface area (Å²) in [5.74, 6) is -0.950. The highest BCUT2D eigenvalue weighted by Crippen LogP contribution is 2.21. The molecule has 0 saturated carbocycles. The summed E-state index contributed by atoms with van der Waals surface area (Å²) in [4.78, 5) is 18.1. The largest absolute Gasteiger partial charge is 0.476 e. The Morgan fingerprint density at radius 1 is 1.50 bits per heavy atom. The number of nitrogens with one attached hydrogen (secondary N) is 1. The topological polar surface area (TPSA) is 65.5 Å². The van der Waals surface area contributed by atoms with Gasteiger partial charge in [0.1, 0.15) is 0 Å². The van der Waals surface area contributed by atoms with Gasteiger partial charge in [-0.25, -0.2) is 9.78 Å². The summed E-state index contributed by atoms with van der Waals surface area (Å²) >= 11 is 1.41. The number of rotatable bonds is 6. The average molecular weight is 269 g/mol. The van der Waals surface area contributed by atoms with Gasteiger partial charge in [0.25, 0.3) is 0 Å². The third-order valence-electron chi connectivity index (χ3n) is 3.13. The van der Waals surface area contributed by atoms with Crippen molar-refractivity contribution in [2.45, 2.75) is 26.2 Å². The van der Waals surface area contributed by atoms with E-state index in [1.54, 1.807) is 6.92 Å². The first-order valence-electron chi connectivity index (χ1n) is 6.34. The quantitative estimate of drug-likeness (QED) is 0.774. The van der Waals surface area contributed by atoms with E-state index in [0.717, 1.165) is 24.4 Å². The molecule has 1 saturated heterocycles. The lowest BCUT2D eigenvalue weighted by molar-refractivity contribution is 0.0690. The predicted octanol–water partition coefficient (Wildman–Crippen LogP) is 2.05. The van der Waals surface area contributed by atoms with Crippen molar-refractivity contribution in [2.75, 3.05) is 31.5 Å². The number of carboxylic acid groups (broad SMARTS) is 1. The third kappa shape index (κ3) is 3.43. The summed E-state index contributed by atoms with van der Waals surface area (Å²) < 4.78 is 0. The van der Waals surface area contributed by atoms with Gasteiger partial charge in [0.15, 0.2) is 10.8 Å². The fourth-order valence-corrected chi connectivity index (χ4v) is 3.01. The molecule has 2 rings (SSSR count). The molecule has 0 aromatic carbocycles. The van der Waals surface area contributed by atoms with Crippen LogP contribution in [0.25, 0.3) is 0 Å². The van der Waals surface area contributed by atoms with Gasteiger partial charge in [-0.15, -0.1) is 11.3 Å². The summed E-state index contributed by atoms with van der Waals surface area (Å²) in [5, 5.41) is 12.8. The molecule has 18 heavy (non-hydrogen) atoms. The Bertz CT molecular complexity index is 413. The first-order valence-corrected chi connectivity index (χ1v) is 7.15. The Morgan fingerprint density at radius 3 is 2.83 bits per heavy atom. The third-order valence-corrected chi connectivity index (χ3v) is 4.05. The van der Waals surface area contributed by atoms with E-state index >= 15 is 0 Å². The summed E-state index contributed by atoms with van der Waals surface area (Å²) in [6.07, 6.45) is 3.71. The highest BCUT2D eigenvalue weighted by atomic mass is 32.1. The molecule has 1 aromatic heterocycles. The Kier molecular flexibility index (Phi) is 4.54. The smallest absolute Gasteiger partial charge is 0.355 e. The van der Waals surface area contributed by atoms with Crippen LogP contribution in [0.15, 0.2) is 0 Å². The van der Waals surface area contributed by atoms with E-state index in [2.05, 4.69) is 15.2 Å². The minimum absolute atomic E-state index is 0.169. The number of anilines is 1. The van der Waals surface area contributed by atoms with Crippen molar-refractivity contribution < 1.29 is 9.90 Å². The molecular weight excluding hydrogens is 250 g/mol. The zero-order valence-corrected chi connectivity index (χ0v) is 11.4. The lowest BCUT2D eigenvalue weighted by atomic mass is 10.4. The summed E-state index contributed by atoms with van der Waals surface area (Å²) in [6.45, 7) is 6.20. The Morgan fingerprint density at radius 2 is 2.22 bits per heavy atom. The molecule has 6 heteroatoms. The van der Waals surface area contributed by atoms with Crippen LogP contribution in [0.3, 0.4) is 0 Å². The van der Waals surface area contributed by atoms with Crippen molar-refractivity contribution in [2.24, 2.45) is 0 Å². The molecule has 0 amide bonds. The van der Waals surface area contributed by atoms with E-state index in [4.69, 9.17) is 5.11 Å². The van der Waals surface area contributed by atoms with Crippen LogP contribution >= 0.6 is 11.3 Å². The molecule has 1 aliphatic heterocycles. The van der Waals surface area contributed by atoms with Crippen molar-refractivity contribution in [3.63, 3.8) is 0 Å². The van der Waals surface area contributed by atoms with Gasteiger partial charge in [0.2, 0.25) is 0 Å². The number of aryl methyl sites for hydroxylation is 1. The fourth-order valence-electron chi connectivity index (χ4n) is 2.17. The molecule has 2 N–H and O–H groups in total. The van der Waals surface area contributed by atoms with Crippen molar-refractivity contribution in [1.82, 2.24) is 9.88 Å². The lowest BCUT2D eigenvalue weighted by Gasteiger charge is -2.13. The summed E-state index contributed by atoms with van der Waals surface area (Å²) in [7, 11) is 0. The van der Waals surface area contributed by atoms with E-state index < -0.39 is 5.97 Å². The van der Waals surface area contributed by atoms with E-state index in [9.17, 15) is 4.79 Å². The maximum atomic E-state index is 10.8. The monoisotopic (exact) mass is 269 g/mol. The van der Waals surface area contributed by atoms with Crippen LogP contribution < -0.4 is 5.32 Å². The molecule has 100 valence electrons. The van der Waals surface area contributed by atoms with Crippen LogP contribution in [0.5, 0.6) is 0 Å². The van der Waals surface area contributed by atoms with Gasteiger partial charge in [-0.2, -0.15) is 0 Å². The highest BCUT2D eigenvalue weighted by molar-refractivity contribution is 7.15. The second kappa shape index (κ2) is 6.15. The number of likely N-dealkylation sites (tertiary alicyclic amines) is 1. The minimum Gasteiger partial charge on any atom is -0.476 e. The van der Waals surface area contributed by atoms with Crippen molar-refractivity contribution in [1.29, 1.82) is 0 Å². The molecule has 0 unspecified atom stereocenters. The maximum absolute atomic E-state index is 10.8. The number of hydrogen-bond acceptors (Lipinski definition) is 5. The van der Waals surface area contributed by atoms with Crippen molar-refractivity contribution >= 4 is 22.4 Å². The van der Waals surface area contributed by atoms with Gasteiger partial charge >= 0.3 is 5.97 Å². The molecular formula is C12H19N3O2S. The molecule has 0 atom stereocenters. The van der Waals surface area contributed by atoms with E-state index in [-0.39, 0.29) is 5.69 Å². The zero-order valence-electron chi connectivity index (χ0n) is 10.6. The Balaban J connectivity index is 1.72. The summed E-state index contributed by atoms with van der Waals surface area (Å²) in [6, 6.07) is 0. The molecule has 1 fully saturated rings. The van der Waals surface area contributed by atoms with Crippen LogP contribution in [0, 0.1) is 6.92 Å². The second-order valence-electron chi connectivity index (χ2n) is 4.56. The highest BCUT2D eigenvalue weighted by Gasteiger charge is 2.14. The Labute approximate surface area is 111 Å². The normalized spacial score (nSPS) is 16.1. The number of nitrogens with zero attached hydrogens (tertiary/aromatic N) is 2. The standard InChI is InChI=1S/C12H19N3O2S/c1-9-10(11(16)17)14-12(18-9)13-5-4-8-15-6-2-3-7-15/h2-8H2,1H3,(H,13,14)(H,16,17). The number of aromatic carboxylic acids is 1. The molecule has 0 aliphatic carbocycles. The molecule has 0 spiro atoms. The SMILES string of the molecule is Cc1sc(NCCCN2CCCC2)nc1C(=O)O. The van der Waals surface area contributed by atoms with Crippen LogP contribution in [-0.2, 0) is 0 Å². The molecule has 2 heterocycles. The summed E-state index contributed by atoms with van der Waals surface area (Å²) in [5.41, 5.74) is 0.169.